The summed E-state index contributed by atoms with van der Waals surface area (Å²) in [4.78, 5) is 0. The molecule has 0 unspecified atom stereocenters. The monoisotopic (exact) mass is 202 g/mol. The highest BCUT2D eigenvalue weighted by molar-refractivity contribution is 9.10. The molecule has 0 aliphatic rings. The van der Waals surface area contributed by atoms with Gasteiger partial charge in [0.25, 0.3) is 0 Å². The van der Waals surface area contributed by atoms with Crippen LogP contribution in [0, 0.1) is 0 Å². The molecule has 0 heterocycles. The Morgan fingerprint density at radius 3 is 2.67 bits per heavy atom. The van der Waals surface area contributed by atoms with Gasteiger partial charge in [0.05, 0.1) is 0 Å². The molecule has 1 rings (SSSR count). The van der Waals surface area contributed by atoms with Gasteiger partial charge in [-0.25, -0.2) is 0 Å². The first-order valence-corrected chi connectivity index (χ1v) is 4.02. The fraction of sp³-hybridized carbons (Fsp3) is 0. The zero-order chi connectivity index (χ0) is 6.69. The van der Waals surface area contributed by atoms with Crippen LogP contribution in [0.5, 0.6) is 0 Å². The summed E-state index contributed by atoms with van der Waals surface area (Å²) in [5, 5.41) is 0.796. The van der Waals surface area contributed by atoms with E-state index in [4.69, 9.17) is 0 Å². The average Bonchev–Trinajstić information content (AvgIpc) is 1.88. The van der Waals surface area contributed by atoms with Crippen molar-refractivity contribution in [1.29, 1.82) is 0 Å². The van der Waals surface area contributed by atoms with E-state index in [1.165, 1.54) is 0 Å². The summed E-state index contributed by atoms with van der Waals surface area (Å²) >= 11 is 3.26. The van der Waals surface area contributed by atoms with Gasteiger partial charge in [-0.1, -0.05) is 22.0 Å². The van der Waals surface area contributed by atoms with Crippen molar-refractivity contribution in [2.45, 2.75) is 0 Å². The van der Waals surface area contributed by atoms with Crippen molar-refractivity contribution in [3.05, 3.63) is 28.7 Å². The molecule has 0 fully saturated rings. The largest absolute Gasteiger partial charge is 0.269 e. The fourth-order valence-electron chi connectivity index (χ4n) is 0.533. The summed E-state index contributed by atoms with van der Waals surface area (Å²) in [6.45, 7) is 0. The van der Waals surface area contributed by atoms with E-state index in [1.54, 1.807) is 6.07 Å². The minimum Gasteiger partial charge on any atom is -0.269 e. The standard InChI is InChI=1S/C6H4BrOP/c7-5-2-1-3-6(4-5)9-8/h1-4H. The molecule has 0 aliphatic carbocycles. The van der Waals surface area contributed by atoms with Crippen LogP contribution in [-0.4, -0.2) is 0 Å². The second-order valence-electron chi connectivity index (χ2n) is 1.57. The van der Waals surface area contributed by atoms with Crippen molar-refractivity contribution in [2.75, 3.05) is 0 Å². The third-order valence-corrected chi connectivity index (χ3v) is 1.90. The maximum absolute atomic E-state index is 10.2. The first kappa shape index (κ1) is 6.91. The van der Waals surface area contributed by atoms with Crippen LogP contribution in [0.4, 0.5) is 0 Å². The Hall–Kier alpha value is -0.200. The highest BCUT2D eigenvalue weighted by atomic mass is 79.9. The van der Waals surface area contributed by atoms with Crippen LogP contribution in [0.15, 0.2) is 28.7 Å². The van der Waals surface area contributed by atoms with Gasteiger partial charge in [-0.15, -0.1) is 0 Å². The molecule has 1 aromatic carbocycles. The highest BCUT2D eigenvalue weighted by Crippen LogP contribution is 2.07. The summed E-state index contributed by atoms with van der Waals surface area (Å²) in [7, 11) is 0.0747. The number of hydrogen-bond acceptors (Lipinski definition) is 1. The minimum atomic E-state index is 0.0747. The van der Waals surface area contributed by atoms with Gasteiger partial charge in [-0.3, -0.25) is 4.57 Å². The third-order valence-electron chi connectivity index (χ3n) is 0.914. The predicted octanol–water partition coefficient (Wildman–Crippen LogP) is 2.37. The van der Waals surface area contributed by atoms with Crippen LogP contribution in [0.1, 0.15) is 0 Å². The molecule has 0 N–H and O–H groups in total. The molecule has 1 aromatic rings. The molecule has 0 bridgehead atoms. The molecular weight excluding hydrogens is 199 g/mol. The lowest BCUT2D eigenvalue weighted by molar-refractivity contribution is 0.603. The maximum atomic E-state index is 10.2. The van der Waals surface area contributed by atoms with E-state index in [-0.39, 0.29) is 8.46 Å². The highest BCUT2D eigenvalue weighted by Gasteiger charge is 1.88. The molecule has 0 saturated carbocycles. The number of hydrogen-bond donors (Lipinski definition) is 0. The lowest BCUT2D eigenvalue weighted by Crippen LogP contribution is -1.87. The van der Waals surface area contributed by atoms with Gasteiger partial charge < -0.3 is 0 Å². The van der Waals surface area contributed by atoms with E-state index in [0.717, 1.165) is 9.78 Å². The summed E-state index contributed by atoms with van der Waals surface area (Å²) < 4.78 is 11.2. The van der Waals surface area contributed by atoms with Crippen LogP contribution >= 0.6 is 24.4 Å². The topological polar surface area (TPSA) is 17.1 Å². The second kappa shape index (κ2) is 3.09. The fourth-order valence-corrected chi connectivity index (χ4v) is 1.45. The van der Waals surface area contributed by atoms with Crippen molar-refractivity contribution in [2.24, 2.45) is 0 Å². The average molecular weight is 203 g/mol. The van der Waals surface area contributed by atoms with E-state index in [0.29, 0.717) is 0 Å². The van der Waals surface area contributed by atoms with Gasteiger partial charge in [-0.2, -0.15) is 0 Å². The number of benzene rings is 1. The van der Waals surface area contributed by atoms with Crippen LogP contribution in [0.25, 0.3) is 0 Å². The zero-order valence-corrected chi connectivity index (χ0v) is 7.02. The molecule has 0 aliphatic heterocycles. The molecule has 0 spiro atoms. The van der Waals surface area contributed by atoms with E-state index < -0.39 is 0 Å². The Bertz CT molecular complexity index is 224. The van der Waals surface area contributed by atoms with Crippen molar-refractivity contribution < 1.29 is 4.57 Å². The molecule has 0 radical (unpaired) electrons. The summed E-state index contributed by atoms with van der Waals surface area (Å²) in [5.41, 5.74) is 0. The summed E-state index contributed by atoms with van der Waals surface area (Å²) in [6, 6.07) is 7.37. The van der Waals surface area contributed by atoms with Crippen molar-refractivity contribution >= 4 is 29.7 Å². The Morgan fingerprint density at radius 2 is 2.22 bits per heavy atom. The summed E-state index contributed by atoms with van der Waals surface area (Å²) in [5.74, 6) is 0. The van der Waals surface area contributed by atoms with E-state index in [9.17, 15) is 4.57 Å². The van der Waals surface area contributed by atoms with E-state index in [2.05, 4.69) is 15.9 Å². The predicted molar refractivity (Wildman–Crippen MR) is 41.4 cm³/mol. The van der Waals surface area contributed by atoms with Crippen LogP contribution in [0.2, 0.25) is 0 Å². The van der Waals surface area contributed by atoms with Crippen LogP contribution in [0.3, 0.4) is 0 Å². The Kier molecular flexibility index (Phi) is 2.38. The molecule has 46 valence electrons. The van der Waals surface area contributed by atoms with Crippen molar-refractivity contribution in [3.63, 3.8) is 0 Å². The molecule has 3 heteroatoms. The molecular formula is C6H4BrOP. The van der Waals surface area contributed by atoms with Crippen LogP contribution in [-0.2, 0) is 4.57 Å². The smallest absolute Gasteiger partial charge is 0.192 e. The zero-order valence-electron chi connectivity index (χ0n) is 4.54. The van der Waals surface area contributed by atoms with Crippen molar-refractivity contribution in [3.8, 4) is 0 Å². The van der Waals surface area contributed by atoms with Gasteiger partial charge >= 0.3 is 0 Å². The van der Waals surface area contributed by atoms with Crippen molar-refractivity contribution in [1.82, 2.24) is 0 Å². The Morgan fingerprint density at radius 1 is 1.44 bits per heavy atom. The first-order chi connectivity index (χ1) is 4.33. The molecule has 0 aromatic heterocycles. The maximum Gasteiger partial charge on any atom is 0.192 e. The van der Waals surface area contributed by atoms with Gasteiger partial charge in [0.15, 0.2) is 8.46 Å². The lowest BCUT2D eigenvalue weighted by Gasteiger charge is -1.87. The quantitative estimate of drug-likeness (QED) is 0.640. The van der Waals surface area contributed by atoms with E-state index >= 15 is 0 Å². The molecule has 0 saturated heterocycles. The van der Waals surface area contributed by atoms with E-state index in [1.807, 2.05) is 18.2 Å². The molecule has 0 atom stereocenters. The normalized spacial score (nSPS) is 9.89. The number of halogens is 1. The van der Waals surface area contributed by atoms with Gasteiger partial charge in [0.1, 0.15) is 0 Å². The molecule has 0 amide bonds. The lowest BCUT2D eigenvalue weighted by atomic mass is 10.4. The van der Waals surface area contributed by atoms with Gasteiger partial charge in [0.2, 0.25) is 0 Å². The molecule has 9 heavy (non-hydrogen) atoms. The third kappa shape index (κ3) is 1.88. The first-order valence-electron chi connectivity index (χ1n) is 2.42. The SMILES string of the molecule is O=Pc1cccc(Br)c1. The Labute approximate surface area is 63.4 Å². The molecule has 1 nitrogen and oxygen atoms in total. The summed E-state index contributed by atoms with van der Waals surface area (Å²) in [6.07, 6.45) is 0. The van der Waals surface area contributed by atoms with Gasteiger partial charge in [-0.05, 0) is 18.2 Å². The van der Waals surface area contributed by atoms with Crippen LogP contribution < -0.4 is 5.30 Å². The second-order valence-corrected chi connectivity index (χ2v) is 3.19. The van der Waals surface area contributed by atoms with Gasteiger partial charge in [0, 0.05) is 9.78 Å². The minimum absolute atomic E-state index is 0.0747. The number of rotatable bonds is 1. The Balaban J connectivity index is 3.07.